The molecule has 30 heavy (non-hydrogen) atoms. The van der Waals surface area contributed by atoms with Crippen molar-refractivity contribution in [1.29, 1.82) is 0 Å². The number of likely N-dealkylation sites (tertiary alicyclic amines) is 1. The Morgan fingerprint density at radius 1 is 0.900 bits per heavy atom. The fraction of sp³-hybridized carbons (Fsp3) is 0.360. The van der Waals surface area contributed by atoms with Gasteiger partial charge >= 0.3 is 0 Å². The maximum atomic E-state index is 13.6. The number of benzene rings is 2. The molecule has 2 aromatic rings. The molecular formula is C25H28N2O3. The second-order valence-electron chi connectivity index (χ2n) is 8.31. The molecule has 0 aromatic heterocycles. The van der Waals surface area contributed by atoms with Gasteiger partial charge in [0, 0.05) is 13.1 Å². The lowest BCUT2D eigenvalue weighted by atomic mass is 9.91. The molecule has 0 aliphatic carbocycles. The Morgan fingerprint density at radius 3 is 2.13 bits per heavy atom. The topological polar surface area (TPSA) is 49.9 Å². The second-order valence-corrected chi connectivity index (χ2v) is 8.31. The predicted octanol–water partition coefficient (Wildman–Crippen LogP) is 4.35. The van der Waals surface area contributed by atoms with E-state index in [4.69, 9.17) is 4.74 Å². The molecular weight excluding hydrogens is 376 g/mol. The quantitative estimate of drug-likeness (QED) is 0.696. The van der Waals surface area contributed by atoms with Crippen LogP contribution in [0.1, 0.15) is 32.8 Å². The SMILES string of the molecule is CCOc1ccc(C2=C(N3CC(C)CC(C)C3)C(=O)N(c3ccccc3)C2=O)cc1. The third-order valence-corrected chi connectivity index (χ3v) is 5.71. The van der Waals surface area contributed by atoms with Crippen LogP contribution in [0.15, 0.2) is 60.3 Å². The molecule has 0 N–H and O–H groups in total. The van der Waals surface area contributed by atoms with Crippen molar-refractivity contribution in [2.75, 3.05) is 24.6 Å². The van der Waals surface area contributed by atoms with Gasteiger partial charge < -0.3 is 9.64 Å². The van der Waals surface area contributed by atoms with E-state index in [1.165, 1.54) is 4.90 Å². The van der Waals surface area contributed by atoms with Gasteiger partial charge in [0.1, 0.15) is 11.4 Å². The Bertz CT molecular complexity index is 956. The van der Waals surface area contributed by atoms with Crippen LogP contribution in [-0.2, 0) is 9.59 Å². The average Bonchev–Trinajstić information content (AvgIpc) is 2.99. The molecule has 2 heterocycles. The zero-order valence-electron chi connectivity index (χ0n) is 17.8. The van der Waals surface area contributed by atoms with Crippen molar-refractivity contribution in [2.24, 2.45) is 11.8 Å². The van der Waals surface area contributed by atoms with Gasteiger partial charge in [-0.3, -0.25) is 9.59 Å². The van der Waals surface area contributed by atoms with Crippen molar-refractivity contribution < 1.29 is 14.3 Å². The first kappa shape index (κ1) is 20.2. The van der Waals surface area contributed by atoms with Gasteiger partial charge in [-0.15, -0.1) is 0 Å². The van der Waals surface area contributed by atoms with E-state index in [0.717, 1.165) is 30.8 Å². The summed E-state index contributed by atoms with van der Waals surface area (Å²) in [6.45, 7) is 8.48. The van der Waals surface area contributed by atoms with E-state index in [1.54, 1.807) is 12.1 Å². The summed E-state index contributed by atoms with van der Waals surface area (Å²) >= 11 is 0. The van der Waals surface area contributed by atoms with E-state index >= 15 is 0 Å². The number of imide groups is 1. The van der Waals surface area contributed by atoms with E-state index in [0.29, 0.717) is 35.4 Å². The minimum Gasteiger partial charge on any atom is -0.494 e. The molecule has 1 saturated heterocycles. The molecule has 156 valence electrons. The summed E-state index contributed by atoms with van der Waals surface area (Å²) in [5.74, 6) is 1.18. The largest absolute Gasteiger partial charge is 0.494 e. The number of piperidine rings is 1. The Kier molecular flexibility index (Phi) is 5.62. The summed E-state index contributed by atoms with van der Waals surface area (Å²) in [6.07, 6.45) is 1.13. The molecule has 2 aliphatic heterocycles. The number of carbonyl (C=O) groups excluding carboxylic acids is 2. The van der Waals surface area contributed by atoms with Gasteiger partial charge in [-0.25, -0.2) is 4.90 Å². The fourth-order valence-corrected chi connectivity index (χ4v) is 4.61. The highest BCUT2D eigenvalue weighted by Crippen LogP contribution is 2.37. The first-order valence-corrected chi connectivity index (χ1v) is 10.7. The molecule has 2 unspecified atom stereocenters. The number of rotatable bonds is 5. The molecule has 2 aliphatic rings. The number of para-hydroxylation sites is 1. The molecule has 4 rings (SSSR count). The van der Waals surface area contributed by atoms with Crippen LogP contribution in [0, 0.1) is 11.8 Å². The predicted molar refractivity (Wildman–Crippen MR) is 118 cm³/mol. The summed E-state index contributed by atoms with van der Waals surface area (Å²) in [5, 5.41) is 0. The fourth-order valence-electron chi connectivity index (χ4n) is 4.61. The Labute approximate surface area is 177 Å². The lowest BCUT2D eigenvalue weighted by Crippen LogP contribution is -2.41. The third-order valence-electron chi connectivity index (χ3n) is 5.71. The Morgan fingerprint density at radius 2 is 1.53 bits per heavy atom. The first-order chi connectivity index (χ1) is 14.5. The molecule has 5 nitrogen and oxygen atoms in total. The number of anilines is 1. The Hall–Kier alpha value is -3.08. The summed E-state index contributed by atoms with van der Waals surface area (Å²) in [7, 11) is 0. The molecule has 2 atom stereocenters. The van der Waals surface area contributed by atoms with Crippen molar-refractivity contribution >= 4 is 23.1 Å². The molecule has 0 radical (unpaired) electrons. The highest BCUT2D eigenvalue weighted by atomic mass is 16.5. The van der Waals surface area contributed by atoms with Crippen LogP contribution in [-0.4, -0.2) is 36.4 Å². The highest BCUT2D eigenvalue weighted by molar-refractivity contribution is 6.45. The number of carbonyl (C=O) groups is 2. The van der Waals surface area contributed by atoms with Gasteiger partial charge in [0.2, 0.25) is 0 Å². The van der Waals surface area contributed by atoms with Gasteiger partial charge in [0.15, 0.2) is 0 Å². The molecule has 2 aromatic carbocycles. The minimum absolute atomic E-state index is 0.239. The van der Waals surface area contributed by atoms with Crippen molar-refractivity contribution in [3.05, 3.63) is 65.9 Å². The first-order valence-electron chi connectivity index (χ1n) is 10.7. The zero-order chi connectivity index (χ0) is 21.3. The number of amides is 2. The summed E-state index contributed by atoms with van der Waals surface area (Å²) < 4.78 is 5.54. The van der Waals surface area contributed by atoms with Gasteiger partial charge in [-0.1, -0.05) is 44.2 Å². The summed E-state index contributed by atoms with van der Waals surface area (Å²) in [4.78, 5) is 30.5. The molecule has 1 fully saturated rings. The lowest BCUT2D eigenvalue weighted by molar-refractivity contribution is -0.120. The van der Waals surface area contributed by atoms with Crippen LogP contribution in [0.3, 0.4) is 0 Å². The van der Waals surface area contributed by atoms with E-state index in [9.17, 15) is 9.59 Å². The number of nitrogens with zero attached hydrogens (tertiary/aromatic N) is 2. The van der Waals surface area contributed by atoms with Crippen molar-refractivity contribution in [2.45, 2.75) is 27.2 Å². The average molecular weight is 405 g/mol. The van der Waals surface area contributed by atoms with Crippen LogP contribution < -0.4 is 9.64 Å². The monoisotopic (exact) mass is 404 g/mol. The molecule has 0 spiro atoms. The van der Waals surface area contributed by atoms with Gasteiger partial charge in [-0.05, 0) is 55.0 Å². The molecule has 0 bridgehead atoms. The molecule has 2 amide bonds. The van der Waals surface area contributed by atoms with E-state index in [1.807, 2.05) is 49.4 Å². The van der Waals surface area contributed by atoms with Crippen LogP contribution in [0.25, 0.3) is 5.57 Å². The molecule has 0 saturated carbocycles. The van der Waals surface area contributed by atoms with Crippen LogP contribution in [0.5, 0.6) is 5.75 Å². The second kappa shape index (κ2) is 8.34. The normalized spacial score (nSPS) is 22.1. The summed E-state index contributed by atoms with van der Waals surface area (Å²) in [6, 6.07) is 16.6. The third kappa shape index (κ3) is 3.72. The highest BCUT2D eigenvalue weighted by Gasteiger charge is 2.43. The van der Waals surface area contributed by atoms with E-state index in [2.05, 4.69) is 18.7 Å². The number of hydrogen-bond acceptors (Lipinski definition) is 4. The van der Waals surface area contributed by atoms with Crippen molar-refractivity contribution in [3.63, 3.8) is 0 Å². The maximum absolute atomic E-state index is 13.6. The van der Waals surface area contributed by atoms with E-state index in [-0.39, 0.29) is 11.8 Å². The summed E-state index contributed by atoms with van der Waals surface area (Å²) in [5.41, 5.74) is 2.35. The smallest absolute Gasteiger partial charge is 0.282 e. The standard InChI is InChI=1S/C25H28N2O3/c1-4-30-21-12-10-19(11-13-21)22-23(26-15-17(2)14-18(3)16-26)25(29)27(24(22)28)20-8-6-5-7-9-20/h5-13,17-18H,4,14-16H2,1-3H3. The maximum Gasteiger partial charge on any atom is 0.282 e. The number of hydrogen-bond donors (Lipinski definition) is 0. The van der Waals surface area contributed by atoms with Crippen molar-refractivity contribution in [3.8, 4) is 5.75 Å². The van der Waals surface area contributed by atoms with Crippen LogP contribution in [0.2, 0.25) is 0 Å². The van der Waals surface area contributed by atoms with Crippen molar-refractivity contribution in [1.82, 2.24) is 4.90 Å². The molecule has 5 heteroatoms. The van der Waals surface area contributed by atoms with Crippen LogP contribution in [0.4, 0.5) is 5.69 Å². The van der Waals surface area contributed by atoms with Crippen LogP contribution >= 0.6 is 0 Å². The minimum atomic E-state index is -0.267. The Balaban J connectivity index is 1.80. The van der Waals surface area contributed by atoms with Gasteiger partial charge in [-0.2, -0.15) is 0 Å². The van der Waals surface area contributed by atoms with Gasteiger partial charge in [0.05, 0.1) is 17.9 Å². The lowest BCUT2D eigenvalue weighted by Gasteiger charge is -2.37. The van der Waals surface area contributed by atoms with Gasteiger partial charge in [0.25, 0.3) is 11.8 Å². The zero-order valence-corrected chi connectivity index (χ0v) is 17.8. The van der Waals surface area contributed by atoms with E-state index < -0.39 is 0 Å². The number of ether oxygens (including phenoxy) is 1.